The molecule has 7 heteroatoms. The largest absolute Gasteiger partial charge is 0.497 e. The maximum atomic E-state index is 12.0. The second-order valence-electron chi connectivity index (χ2n) is 4.72. The van der Waals surface area contributed by atoms with E-state index in [0.29, 0.717) is 13.0 Å². The molecule has 22 heavy (non-hydrogen) atoms. The van der Waals surface area contributed by atoms with E-state index >= 15 is 0 Å². The van der Waals surface area contributed by atoms with Crippen LogP contribution in [0.1, 0.15) is 26.4 Å². The van der Waals surface area contributed by atoms with Crippen LogP contribution < -0.4 is 10.1 Å². The Hall–Kier alpha value is -2.83. The van der Waals surface area contributed by atoms with Crippen molar-refractivity contribution in [2.24, 2.45) is 7.05 Å². The Bertz CT molecular complexity index is 677. The van der Waals surface area contributed by atoms with E-state index in [1.807, 2.05) is 24.3 Å². The maximum absolute atomic E-state index is 12.0. The molecule has 0 saturated heterocycles. The molecule has 2 aromatic rings. The van der Waals surface area contributed by atoms with Gasteiger partial charge in [-0.15, -0.1) is 0 Å². The van der Waals surface area contributed by atoms with Crippen LogP contribution in [0.2, 0.25) is 0 Å². The molecule has 0 bridgehead atoms. The van der Waals surface area contributed by atoms with E-state index < -0.39 is 11.9 Å². The Morgan fingerprint density at radius 2 is 2.00 bits per heavy atom. The molecule has 7 nitrogen and oxygen atoms in total. The van der Waals surface area contributed by atoms with Crippen molar-refractivity contribution in [2.75, 3.05) is 13.7 Å². The van der Waals surface area contributed by atoms with Crippen molar-refractivity contribution >= 4 is 11.9 Å². The maximum Gasteiger partial charge on any atom is 0.357 e. The molecule has 1 heterocycles. The van der Waals surface area contributed by atoms with Crippen molar-refractivity contribution in [1.82, 2.24) is 15.1 Å². The molecule has 1 aromatic heterocycles. The van der Waals surface area contributed by atoms with Crippen LogP contribution in [0.15, 0.2) is 30.5 Å². The zero-order chi connectivity index (χ0) is 16.1. The van der Waals surface area contributed by atoms with E-state index in [2.05, 4.69) is 10.4 Å². The molecular formula is C15H17N3O4. The first kappa shape index (κ1) is 15.6. The van der Waals surface area contributed by atoms with Gasteiger partial charge in [0, 0.05) is 19.8 Å². The number of hydrogen-bond donors (Lipinski definition) is 2. The van der Waals surface area contributed by atoms with Gasteiger partial charge in [-0.05, 0) is 24.1 Å². The number of ether oxygens (including phenoxy) is 1. The average molecular weight is 303 g/mol. The Labute approximate surface area is 127 Å². The number of methoxy groups -OCH3 is 1. The van der Waals surface area contributed by atoms with Crippen molar-refractivity contribution in [3.63, 3.8) is 0 Å². The highest BCUT2D eigenvalue weighted by Gasteiger charge is 2.20. The van der Waals surface area contributed by atoms with Gasteiger partial charge in [0.1, 0.15) is 5.75 Å². The van der Waals surface area contributed by atoms with Crippen LogP contribution in [-0.2, 0) is 13.5 Å². The standard InChI is InChI=1S/C15H17N3O4/c1-18-9-12(13(17-18)15(20)21)14(19)16-8-7-10-3-5-11(22-2)6-4-10/h3-6,9H,7-8H2,1-2H3,(H,16,19)(H,20,21). The summed E-state index contributed by atoms with van der Waals surface area (Å²) >= 11 is 0. The number of amides is 1. The van der Waals surface area contributed by atoms with E-state index in [-0.39, 0.29) is 11.3 Å². The Kier molecular flexibility index (Phi) is 4.77. The zero-order valence-corrected chi connectivity index (χ0v) is 12.4. The summed E-state index contributed by atoms with van der Waals surface area (Å²) in [5, 5.41) is 15.5. The summed E-state index contributed by atoms with van der Waals surface area (Å²) in [4.78, 5) is 23.1. The summed E-state index contributed by atoms with van der Waals surface area (Å²) in [7, 11) is 3.17. The van der Waals surface area contributed by atoms with Crippen molar-refractivity contribution in [3.8, 4) is 5.75 Å². The van der Waals surface area contributed by atoms with Crippen LogP contribution in [0, 0.1) is 0 Å². The molecule has 2 rings (SSSR count). The van der Waals surface area contributed by atoms with E-state index in [0.717, 1.165) is 11.3 Å². The first-order chi connectivity index (χ1) is 10.5. The summed E-state index contributed by atoms with van der Waals surface area (Å²) in [6.07, 6.45) is 2.03. The summed E-state index contributed by atoms with van der Waals surface area (Å²) < 4.78 is 6.38. The molecule has 0 fully saturated rings. The van der Waals surface area contributed by atoms with Gasteiger partial charge >= 0.3 is 5.97 Å². The second-order valence-corrected chi connectivity index (χ2v) is 4.72. The molecule has 116 valence electrons. The van der Waals surface area contributed by atoms with Crippen LogP contribution in [-0.4, -0.2) is 40.4 Å². The molecule has 0 atom stereocenters. The summed E-state index contributed by atoms with van der Waals surface area (Å²) in [5.74, 6) is -0.894. The molecular weight excluding hydrogens is 286 g/mol. The summed E-state index contributed by atoms with van der Waals surface area (Å²) in [6.45, 7) is 0.402. The van der Waals surface area contributed by atoms with Gasteiger partial charge in [0.25, 0.3) is 5.91 Å². The Morgan fingerprint density at radius 3 is 2.59 bits per heavy atom. The fourth-order valence-corrected chi connectivity index (χ4v) is 2.02. The minimum absolute atomic E-state index is 0.0599. The number of hydrogen-bond acceptors (Lipinski definition) is 4. The number of nitrogens with one attached hydrogen (secondary N) is 1. The lowest BCUT2D eigenvalue weighted by molar-refractivity contribution is 0.0684. The number of aromatic carboxylic acids is 1. The number of carboxylic acids is 1. The predicted octanol–water partition coefficient (Wildman–Crippen LogP) is 1.10. The van der Waals surface area contributed by atoms with Crippen LogP contribution in [0.4, 0.5) is 0 Å². The second kappa shape index (κ2) is 6.75. The number of nitrogens with zero attached hydrogens (tertiary/aromatic N) is 2. The van der Waals surface area contributed by atoms with Gasteiger partial charge in [0.2, 0.25) is 0 Å². The molecule has 2 N–H and O–H groups in total. The number of carboxylic acid groups (broad SMARTS) is 1. The topological polar surface area (TPSA) is 93.5 Å². The molecule has 0 radical (unpaired) electrons. The average Bonchev–Trinajstić information content (AvgIpc) is 2.90. The van der Waals surface area contributed by atoms with Crippen molar-refractivity contribution in [3.05, 3.63) is 47.3 Å². The molecule has 0 spiro atoms. The number of carbonyl (C=O) groups is 2. The minimum Gasteiger partial charge on any atom is -0.497 e. The van der Waals surface area contributed by atoms with E-state index in [1.165, 1.54) is 10.9 Å². The lowest BCUT2D eigenvalue weighted by Gasteiger charge is -2.05. The fraction of sp³-hybridized carbons (Fsp3) is 0.267. The number of carbonyl (C=O) groups excluding carboxylic acids is 1. The van der Waals surface area contributed by atoms with Gasteiger partial charge in [0.05, 0.1) is 12.7 Å². The number of rotatable bonds is 6. The van der Waals surface area contributed by atoms with Gasteiger partial charge in [-0.3, -0.25) is 9.48 Å². The fourth-order valence-electron chi connectivity index (χ4n) is 2.02. The molecule has 0 saturated carbocycles. The van der Waals surface area contributed by atoms with Gasteiger partial charge < -0.3 is 15.2 Å². The third-order valence-corrected chi connectivity index (χ3v) is 3.13. The third-order valence-electron chi connectivity index (χ3n) is 3.13. The van der Waals surface area contributed by atoms with E-state index in [4.69, 9.17) is 9.84 Å². The minimum atomic E-state index is -1.22. The highest BCUT2D eigenvalue weighted by atomic mass is 16.5. The molecule has 1 amide bonds. The Morgan fingerprint density at radius 1 is 1.32 bits per heavy atom. The van der Waals surface area contributed by atoms with E-state index in [9.17, 15) is 9.59 Å². The van der Waals surface area contributed by atoms with Crippen molar-refractivity contribution in [1.29, 1.82) is 0 Å². The van der Waals surface area contributed by atoms with Gasteiger partial charge in [-0.25, -0.2) is 4.79 Å². The van der Waals surface area contributed by atoms with Gasteiger partial charge in [-0.1, -0.05) is 12.1 Å². The monoisotopic (exact) mass is 303 g/mol. The first-order valence-corrected chi connectivity index (χ1v) is 6.69. The smallest absolute Gasteiger partial charge is 0.357 e. The number of aromatic nitrogens is 2. The van der Waals surface area contributed by atoms with Crippen LogP contribution in [0.25, 0.3) is 0 Å². The number of benzene rings is 1. The highest BCUT2D eigenvalue weighted by molar-refractivity contribution is 6.03. The van der Waals surface area contributed by atoms with Crippen LogP contribution in [0.3, 0.4) is 0 Å². The summed E-state index contributed by atoms with van der Waals surface area (Å²) in [6, 6.07) is 7.52. The molecule has 0 aliphatic heterocycles. The number of aryl methyl sites for hydroxylation is 1. The molecule has 0 aliphatic carbocycles. The highest BCUT2D eigenvalue weighted by Crippen LogP contribution is 2.11. The Balaban J connectivity index is 1.94. The third kappa shape index (κ3) is 3.63. The van der Waals surface area contributed by atoms with Gasteiger partial charge in [-0.2, -0.15) is 5.10 Å². The first-order valence-electron chi connectivity index (χ1n) is 6.69. The van der Waals surface area contributed by atoms with Crippen molar-refractivity contribution in [2.45, 2.75) is 6.42 Å². The van der Waals surface area contributed by atoms with Crippen LogP contribution >= 0.6 is 0 Å². The van der Waals surface area contributed by atoms with Gasteiger partial charge in [0.15, 0.2) is 5.69 Å². The molecule has 0 unspecified atom stereocenters. The SMILES string of the molecule is COc1ccc(CCNC(=O)c2cn(C)nc2C(=O)O)cc1. The van der Waals surface area contributed by atoms with E-state index in [1.54, 1.807) is 14.2 Å². The lowest BCUT2D eigenvalue weighted by atomic mass is 10.1. The lowest BCUT2D eigenvalue weighted by Crippen LogP contribution is -2.26. The molecule has 1 aromatic carbocycles. The predicted molar refractivity (Wildman–Crippen MR) is 79.2 cm³/mol. The van der Waals surface area contributed by atoms with Crippen LogP contribution in [0.5, 0.6) is 5.75 Å². The summed E-state index contributed by atoms with van der Waals surface area (Å²) in [5.41, 5.74) is 0.861. The normalized spacial score (nSPS) is 10.3. The quantitative estimate of drug-likeness (QED) is 0.833. The van der Waals surface area contributed by atoms with Crippen molar-refractivity contribution < 1.29 is 19.4 Å². The zero-order valence-electron chi connectivity index (χ0n) is 12.4. The molecule has 0 aliphatic rings.